The fraction of sp³-hybridized carbons (Fsp3) is 0.714. The van der Waals surface area contributed by atoms with Crippen LogP contribution in [0.3, 0.4) is 0 Å². The van der Waals surface area contributed by atoms with Gasteiger partial charge in [-0.05, 0) is 18.5 Å². The quantitative estimate of drug-likeness (QED) is 0.588. The van der Waals surface area contributed by atoms with Crippen LogP contribution in [0.5, 0.6) is 0 Å². The highest BCUT2D eigenvalue weighted by Gasteiger charge is 2.37. The summed E-state index contributed by atoms with van der Waals surface area (Å²) in [6.07, 6.45) is 0.108. The van der Waals surface area contributed by atoms with Crippen LogP contribution < -0.4 is 0 Å². The van der Waals surface area contributed by atoms with Crippen molar-refractivity contribution in [1.29, 1.82) is 0 Å². The molecule has 1 atom stereocenters. The molecule has 0 saturated carbocycles. The highest BCUT2D eigenvalue weighted by atomic mass is 28.3. The van der Waals surface area contributed by atoms with Crippen molar-refractivity contribution < 1.29 is 23.5 Å². The Kier molecular flexibility index (Phi) is 5.53. The lowest BCUT2D eigenvalue weighted by Crippen LogP contribution is -2.38. The third kappa shape index (κ3) is 4.75. The largest absolute Gasteiger partial charge is 0.458 e. The highest BCUT2D eigenvalue weighted by molar-refractivity contribution is 6.48. The number of rotatable bonds is 4. The summed E-state index contributed by atoms with van der Waals surface area (Å²) in [6.45, 7) is 11.5. The van der Waals surface area contributed by atoms with Crippen LogP contribution in [0, 0.1) is 5.41 Å². The lowest BCUT2D eigenvalue weighted by Gasteiger charge is -2.34. The third-order valence-corrected chi connectivity index (χ3v) is 3.83. The zero-order valence-electron chi connectivity index (χ0n) is 13.1. The highest BCUT2D eigenvalue weighted by Crippen LogP contribution is 2.33. The minimum absolute atomic E-state index is 0.155. The maximum Gasteiger partial charge on any atom is 0.340 e. The van der Waals surface area contributed by atoms with Crippen LogP contribution in [0.2, 0.25) is 13.1 Å². The lowest BCUT2D eigenvalue weighted by atomic mass is 9.85. The molecule has 6 heteroatoms. The third-order valence-electron chi connectivity index (χ3n) is 3.00. The van der Waals surface area contributed by atoms with E-state index in [9.17, 15) is 9.59 Å². The molecule has 0 N–H and O–H groups in total. The predicted molar refractivity (Wildman–Crippen MR) is 77.6 cm³/mol. The number of carbonyl (C=O) groups excluding carboxylic acids is 2. The molecular formula is C14H24O5Si. The molecule has 5 nitrogen and oxygen atoms in total. The van der Waals surface area contributed by atoms with Crippen molar-refractivity contribution in [3.63, 3.8) is 0 Å². The molecular weight excluding hydrogens is 276 g/mol. The van der Waals surface area contributed by atoms with Crippen LogP contribution in [0.15, 0.2) is 11.3 Å². The maximum atomic E-state index is 12.1. The fourth-order valence-corrected chi connectivity index (χ4v) is 2.30. The number of carbonyl (C=O) groups is 2. The van der Waals surface area contributed by atoms with Crippen molar-refractivity contribution >= 4 is 21.0 Å². The number of esters is 2. The second-order valence-electron chi connectivity index (χ2n) is 6.32. The molecule has 20 heavy (non-hydrogen) atoms. The minimum Gasteiger partial charge on any atom is -0.458 e. The van der Waals surface area contributed by atoms with Gasteiger partial charge in [-0.3, -0.25) is 4.79 Å². The van der Waals surface area contributed by atoms with E-state index in [4.69, 9.17) is 13.9 Å². The number of cyclic esters (lactones) is 1. The SMILES string of the molecule is CC(=O)OC1=C(CO[SiH](C)C)C(=O)OC(C(C)(C)C)C1. The van der Waals surface area contributed by atoms with Gasteiger partial charge < -0.3 is 13.9 Å². The van der Waals surface area contributed by atoms with Crippen molar-refractivity contribution in [2.24, 2.45) is 5.41 Å². The first-order chi connectivity index (χ1) is 9.11. The Morgan fingerprint density at radius 3 is 2.45 bits per heavy atom. The van der Waals surface area contributed by atoms with E-state index < -0.39 is 21.0 Å². The molecule has 114 valence electrons. The fourth-order valence-electron chi connectivity index (χ4n) is 1.80. The summed E-state index contributed by atoms with van der Waals surface area (Å²) >= 11 is 0. The van der Waals surface area contributed by atoms with Crippen molar-refractivity contribution in [3.05, 3.63) is 11.3 Å². The summed E-state index contributed by atoms with van der Waals surface area (Å²) in [4.78, 5) is 23.3. The van der Waals surface area contributed by atoms with Crippen LogP contribution in [0.4, 0.5) is 0 Å². The van der Waals surface area contributed by atoms with Gasteiger partial charge in [0.25, 0.3) is 0 Å². The molecule has 1 aliphatic heterocycles. The van der Waals surface area contributed by atoms with Gasteiger partial charge in [-0.15, -0.1) is 0 Å². The van der Waals surface area contributed by atoms with E-state index in [2.05, 4.69) is 0 Å². The Balaban J connectivity index is 3.00. The average molecular weight is 300 g/mol. The second kappa shape index (κ2) is 6.54. The van der Waals surface area contributed by atoms with Crippen LogP contribution >= 0.6 is 0 Å². The molecule has 1 aliphatic rings. The van der Waals surface area contributed by atoms with Gasteiger partial charge in [0.1, 0.15) is 11.9 Å². The van der Waals surface area contributed by atoms with E-state index in [1.54, 1.807) is 0 Å². The molecule has 0 aromatic carbocycles. The molecule has 1 unspecified atom stereocenters. The normalized spacial score (nSPS) is 20.1. The van der Waals surface area contributed by atoms with Gasteiger partial charge in [0.2, 0.25) is 0 Å². The smallest absolute Gasteiger partial charge is 0.340 e. The zero-order valence-corrected chi connectivity index (χ0v) is 14.3. The van der Waals surface area contributed by atoms with Crippen molar-refractivity contribution in [2.75, 3.05) is 6.61 Å². The van der Waals surface area contributed by atoms with E-state index in [-0.39, 0.29) is 18.1 Å². The standard InChI is InChI=1S/C14H24O5Si/c1-9(15)18-11-7-12(14(2,3)4)19-13(16)10(11)8-17-20(5)6/h12,20H,7-8H2,1-6H3. The number of hydrogen-bond donors (Lipinski definition) is 0. The topological polar surface area (TPSA) is 61.8 Å². The van der Waals surface area contributed by atoms with Crippen molar-refractivity contribution in [3.8, 4) is 0 Å². The van der Waals surface area contributed by atoms with Gasteiger partial charge in [-0.1, -0.05) is 20.8 Å². The van der Waals surface area contributed by atoms with E-state index in [1.807, 2.05) is 33.9 Å². The van der Waals surface area contributed by atoms with Gasteiger partial charge in [0, 0.05) is 13.3 Å². The minimum atomic E-state index is -1.26. The number of ether oxygens (including phenoxy) is 2. The van der Waals surface area contributed by atoms with Crippen molar-refractivity contribution in [1.82, 2.24) is 0 Å². The molecule has 0 saturated heterocycles. The Bertz CT molecular complexity index is 420. The van der Waals surface area contributed by atoms with Crippen LogP contribution in [0.25, 0.3) is 0 Å². The van der Waals surface area contributed by atoms with Gasteiger partial charge in [0.15, 0.2) is 9.04 Å². The first-order valence-corrected chi connectivity index (χ1v) is 9.62. The second-order valence-corrected chi connectivity index (χ2v) is 8.75. The molecule has 1 heterocycles. The summed E-state index contributed by atoms with van der Waals surface area (Å²) in [5.41, 5.74) is 0.127. The number of hydrogen-bond acceptors (Lipinski definition) is 5. The molecule has 0 radical (unpaired) electrons. The summed E-state index contributed by atoms with van der Waals surface area (Å²) < 4.78 is 16.2. The van der Waals surface area contributed by atoms with Gasteiger partial charge in [-0.2, -0.15) is 0 Å². The summed E-state index contributed by atoms with van der Waals surface area (Å²) in [6, 6.07) is 0. The van der Waals surface area contributed by atoms with Crippen LogP contribution in [-0.4, -0.2) is 33.7 Å². The zero-order chi connectivity index (χ0) is 15.5. The summed E-state index contributed by atoms with van der Waals surface area (Å²) in [7, 11) is -1.26. The first kappa shape index (κ1) is 16.9. The monoisotopic (exact) mass is 300 g/mol. The van der Waals surface area contributed by atoms with E-state index in [1.165, 1.54) is 6.92 Å². The van der Waals surface area contributed by atoms with Crippen LogP contribution in [0.1, 0.15) is 34.1 Å². The molecule has 0 aromatic heterocycles. The summed E-state index contributed by atoms with van der Waals surface area (Å²) in [5, 5.41) is 0. The average Bonchev–Trinajstić information content (AvgIpc) is 2.24. The Hall–Kier alpha value is -1.14. The Labute approximate surface area is 122 Å². The Morgan fingerprint density at radius 1 is 1.40 bits per heavy atom. The first-order valence-electron chi connectivity index (χ1n) is 6.84. The van der Waals surface area contributed by atoms with Crippen molar-refractivity contribution in [2.45, 2.75) is 53.3 Å². The van der Waals surface area contributed by atoms with Crippen LogP contribution in [-0.2, 0) is 23.5 Å². The van der Waals surface area contributed by atoms with E-state index >= 15 is 0 Å². The molecule has 0 spiro atoms. The molecule has 1 rings (SSSR count). The van der Waals surface area contributed by atoms with Gasteiger partial charge >= 0.3 is 11.9 Å². The molecule has 0 aromatic rings. The van der Waals surface area contributed by atoms with Gasteiger partial charge in [0.05, 0.1) is 12.2 Å². The molecule has 0 amide bonds. The van der Waals surface area contributed by atoms with E-state index in [0.29, 0.717) is 17.8 Å². The Morgan fingerprint density at radius 2 is 2.00 bits per heavy atom. The maximum absolute atomic E-state index is 12.1. The molecule has 0 fully saturated rings. The summed E-state index contributed by atoms with van der Waals surface area (Å²) in [5.74, 6) is -0.480. The molecule has 0 aliphatic carbocycles. The van der Waals surface area contributed by atoms with Gasteiger partial charge in [-0.25, -0.2) is 4.79 Å². The lowest BCUT2D eigenvalue weighted by molar-refractivity contribution is -0.155. The molecule has 0 bridgehead atoms. The van der Waals surface area contributed by atoms with E-state index in [0.717, 1.165) is 0 Å². The predicted octanol–water partition coefficient (Wildman–Crippen LogP) is 2.17.